The van der Waals surface area contributed by atoms with Crippen LogP contribution in [-0.2, 0) is 6.54 Å². The van der Waals surface area contributed by atoms with Crippen LogP contribution in [0.25, 0.3) is 10.9 Å². The van der Waals surface area contributed by atoms with Crippen LogP contribution in [0.15, 0.2) is 90.8 Å². The first-order chi connectivity index (χ1) is 19.4. The van der Waals surface area contributed by atoms with Crippen LogP contribution in [0, 0.1) is 11.8 Å². The first kappa shape index (κ1) is 26.4. The maximum absolute atomic E-state index is 13.3. The molecule has 1 aliphatic carbocycles. The number of halogens is 1. The van der Waals surface area contributed by atoms with Crippen LogP contribution in [0.4, 0.5) is 0 Å². The maximum atomic E-state index is 13.3. The largest absolute Gasteiger partial charge is 0.506 e. The van der Waals surface area contributed by atoms with Crippen LogP contribution in [0.5, 0.6) is 5.75 Å². The van der Waals surface area contributed by atoms with Crippen molar-refractivity contribution in [2.45, 2.75) is 45.2 Å². The zero-order chi connectivity index (χ0) is 27.8. The lowest BCUT2D eigenvalue weighted by molar-refractivity contribution is 0.0958. The number of carbonyl (C=O) groups is 2. The van der Waals surface area contributed by atoms with Crippen molar-refractivity contribution >= 4 is 34.1 Å². The number of aromatic nitrogens is 1. The predicted molar refractivity (Wildman–Crippen MR) is 159 cm³/mol. The molecule has 0 amide bonds. The van der Waals surface area contributed by atoms with Crippen molar-refractivity contribution in [3.8, 4) is 5.75 Å². The van der Waals surface area contributed by atoms with Crippen molar-refractivity contribution in [2.24, 2.45) is 11.8 Å². The molecule has 0 radical (unpaired) electrons. The molecule has 1 saturated heterocycles. The number of aromatic hydroxyl groups is 1. The van der Waals surface area contributed by atoms with E-state index in [9.17, 15) is 14.7 Å². The SMILES string of the molecule is C/C=C1\C2CC(CC(=O)c3ccc(Cl)cc3)CC2N1CCCn1cc(C(=O)c2ccccc2)c2cccc(O)c21. The third-order valence-corrected chi connectivity index (χ3v) is 8.88. The fourth-order valence-electron chi connectivity index (χ4n) is 6.81. The summed E-state index contributed by atoms with van der Waals surface area (Å²) in [5.41, 5.74) is 4.07. The monoisotopic (exact) mass is 552 g/mol. The van der Waals surface area contributed by atoms with Gasteiger partial charge in [-0.3, -0.25) is 9.59 Å². The fourth-order valence-corrected chi connectivity index (χ4v) is 6.94. The van der Waals surface area contributed by atoms with Gasteiger partial charge >= 0.3 is 0 Å². The average molecular weight is 553 g/mol. The van der Waals surface area contributed by atoms with Crippen LogP contribution in [0.1, 0.15) is 58.9 Å². The maximum Gasteiger partial charge on any atom is 0.195 e. The van der Waals surface area contributed by atoms with Crippen molar-refractivity contribution in [2.75, 3.05) is 6.54 Å². The van der Waals surface area contributed by atoms with Gasteiger partial charge in [-0.25, -0.2) is 0 Å². The second kappa shape index (κ2) is 11.0. The van der Waals surface area contributed by atoms with Gasteiger partial charge in [-0.15, -0.1) is 0 Å². The Balaban J connectivity index is 1.12. The summed E-state index contributed by atoms with van der Waals surface area (Å²) in [6, 6.07) is 22.3. The lowest BCUT2D eigenvalue weighted by Crippen LogP contribution is -2.51. The van der Waals surface area contributed by atoms with Crippen LogP contribution in [0.2, 0.25) is 5.02 Å². The number of ketones is 2. The molecule has 1 aliphatic heterocycles. The number of phenolic OH excluding ortho intramolecular Hbond substituents is 1. The lowest BCUT2D eigenvalue weighted by Gasteiger charge is -2.49. The second-order valence-electron chi connectivity index (χ2n) is 11.0. The molecule has 1 saturated carbocycles. The number of aryl methyl sites for hydroxylation is 1. The van der Waals surface area contributed by atoms with Crippen LogP contribution < -0.4 is 0 Å². The van der Waals surface area contributed by atoms with Gasteiger partial charge < -0.3 is 14.6 Å². The molecule has 0 bridgehead atoms. The standard InChI is InChI=1S/C34H33ClN2O3/c1-2-29-27-18-22(20-32(39)23-12-14-25(35)15-13-23)19-30(27)37(29)17-7-16-36-21-28(26-10-6-11-31(38)33(26)36)34(40)24-8-4-3-5-9-24/h2-6,8-15,21-22,27,30,38H,7,16-20H2,1H3/b29-2+. The van der Waals surface area contributed by atoms with Gasteiger partial charge in [0, 0.05) is 70.5 Å². The average Bonchev–Trinajstić information content (AvgIpc) is 3.51. The first-order valence-corrected chi connectivity index (χ1v) is 14.4. The number of hydrogen-bond acceptors (Lipinski definition) is 4. The van der Waals surface area contributed by atoms with E-state index in [0.717, 1.165) is 36.8 Å². The molecular formula is C34H33ClN2O3. The Bertz CT molecular complexity index is 1590. The third-order valence-electron chi connectivity index (χ3n) is 8.63. The zero-order valence-corrected chi connectivity index (χ0v) is 23.3. The predicted octanol–water partition coefficient (Wildman–Crippen LogP) is 7.51. The highest BCUT2D eigenvalue weighted by Gasteiger charge is 2.49. The van der Waals surface area contributed by atoms with E-state index in [1.54, 1.807) is 24.3 Å². The summed E-state index contributed by atoms with van der Waals surface area (Å²) >= 11 is 5.99. The van der Waals surface area contributed by atoms with Crippen molar-refractivity contribution in [3.63, 3.8) is 0 Å². The van der Waals surface area contributed by atoms with Gasteiger partial charge in [-0.2, -0.15) is 0 Å². The number of hydrogen-bond donors (Lipinski definition) is 1. The third kappa shape index (κ3) is 4.84. The van der Waals surface area contributed by atoms with Gasteiger partial charge in [-0.05, 0) is 62.4 Å². The molecule has 1 aromatic heterocycles. The smallest absolute Gasteiger partial charge is 0.195 e. The molecule has 6 heteroatoms. The van der Waals surface area contributed by atoms with Gasteiger partial charge in [0.25, 0.3) is 0 Å². The summed E-state index contributed by atoms with van der Waals surface area (Å²) in [4.78, 5) is 28.7. The Labute approximate surface area is 239 Å². The van der Waals surface area contributed by atoms with Crippen LogP contribution in [0.3, 0.4) is 0 Å². The molecule has 6 rings (SSSR count). The molecule has 40 heavy (non-hydrogen) atoms. The van der Waals surface area contributed by atoms with E-state index in [1.165, 1.54) is 5.70 Å². The number of phenols is 1. The molecule has 1 N–H and O–H groups in total. The van der Waals surface area contributed by atoms with E-state index < -0.39 is 0 Å². The minimum absolute atomic E-state index is 0.0399. The van der Waals surface area contributed by atoms with E-state index in [0.29, 0.717) is 52.5 Å². The van der Waals surface area contributed by atoms with Crippen molar-refractivity contribution < 1.29 is 14.7 Å². The number of nitrogens with zero attached hydrogens (tertiary/aromatic N) is 2. The van der Waals surface area contributed by atoms with E-state index in [2.05, 4.69) is 17.9 Å². The van der Waals surface area contributed by atoms with Crippen molar-refractivity contribution in [1.82, 2.24) is 9.47 Å². The highest BCUT2D eigenvalue weighted by molar-refractivity contribution is 6.30. The summed E-state index contributed by atoms with van der Waals surface area (Å²) < 4.78 is 2.02. The first-order valence-electron chi connectivity index (χ1n) is 14.1. The van der Waals surface area contributed by atoms with Gasteiger partial charge in [0.1, 0.15) is 5.75 Å². The summed E-state index contributed by atoms with van der Waals surface area (Å²) in [5, 5.41) is 12.1. The van der Waals surface area contributed by atoms with Crippen LogP contribution >= 0.6 is 11.6 Å². The van der Waals surface area contributed by atoms with Crippen molar-refractivity contribution in [1.29, 1.82) is 0 Å². The quantitative estimate of drug-likeness (QED) is 0.218. The van der Waals surface area contributed by atoms with Gasteiger partial charge in [0.05, 0.1) is 5.52 Å². The molecule has 5 nitrogen and oxygen atoms in total. The summed E-state index contributed by atoms with van der Waals surface area (Å²) in [6.45, 7) is 3.69. The Morgan fingerprint density at radius 2 is 1.73 bits per heavy atom. The van der Waals surface area contributed by atoms with Gasteiger partial charge in [-0.1, -0.05) is 60.1 Å². The highest BCUT2D eigenvalue weighted by Crippen LogP contribution is 2.50. The number of rotatable bonds is 9. The number of benzene rings is 3. The Kier molecular flexibility index (Phi) is 7.24. The van der Waals surface area contributed by atoms with Crippen molar-refractivity contribution in [3.05, 3.63) is 112 Å². The van der Waals surface area contributed by atoms with Gasteiger partial charge in [0.15, 0.2) is 11.6 Å². The molecule has 0 spiro atoms. The van der Waals surface area contributed by atoms with E-state index >= 15 is 0 Å². The normalized spacial score (nSPS) is 21.0. The molecule has 2 fully saturated rings. The molecule has 2 heterocycles. The molecule has 2 aliphatic rings. The van der Waals surface area contributed by atoms with E-state index in [4.69, 9.17) is 11.6 Å². The molecule has 3 unspecified atom stereocenters. The number of carbonyl (C=O) groups excluding carboxylic acids is 2. The minimum atomic E-state index is -0.0399. The fraction of sp³-hybridized carbons (Fsp3) is 0.294. The van der Waals surface area contributed by atoms with Gasteiger partial charge in [0.2, 0.25) is 0 Å². The summed E-state index contributed by atoms with van der Waals surface area (Å²) in [7, 11) is 0. The number of Topliss-reactive ketones (excluding diaryl/α,β-unsaturated/α-hetero) is 1. The molecule has 3 atom stereocenters. The number of fused-ring (bicyclic) bond motifs is 2. The summed E-state index contributed by atoms with van der Waals surface area (Å²) in [6.07, 6.45) is 7.66. The topological polar surface area (TPSA) is 62.5 Å². The highest BCUT2D eigenvalue weighted by atomic mass is 35.5. The number of likely N-dealkylation sites (tertiary alicyclic amines) is 1. The summed E-state index contributed by atoms with van der Waals surface area (Å²) in [5.74, 6) is 1.25. The second-order valence-corrected chi connectivity index (χ2v) is 11.4. The van der Waals surface area contributed by atoms with Crippen LogP contribution in [-0.4, -0.2) is 38.7 Å². The zero-order valence-electron chi connectivity index (χ0n) is 22.6. The Hall–Kier alpha value is -3.83. The van der Waals surface area contributed by atoms with E-state index in [1.807, 2.05) is 59.3 Å². The number of allylic oxidation sites excluding steroid dienone is 1. The Morgan fingerprint density at radius 3 is 2.48 bits per heavy atom. The molecule has 4 aromatic rings. The Morgan fingerprint density at radius 1 is 0.950 bits per heavy atom. The minimum Gasteiger partial charge on any atom is -0.506 e. The molecule has 3 aromatic carbocycles. The van der Waals surface area contributed by atoms with E-state index in [-0.39, 0.29) is 17.3 Å². The molecular weight excluding hydrogens is 520 g/mol. The molecule has 204 valence electrons. The number of para-hydroxylation sites is 1. The lowest BCUT2D eigenvalue weighted by atomic mass is 9.86.